The molecular formula is C13H20N2O. The van der Waals surface area contributed by atoms with Crippen molar-refractivity contribution in [2.45, 2.75) is 51.6 Å². The Kier molecular flexibility index (Phi) is 2.72. The summed E-state index contributed by atoms with van der Waals surface area (Å²) in [7, 11) is 0. The fraction of sp³-hybridized carbons (Fsp3) is 0.769. The number of nitrogens with one attached hydrogen (secondary N) is 1. The van der Waals surface area contributed by atoms with E-state index in [2.05, 4.69) is 11.9 Å². The van der Waals surface area contributed by atoms with Gasteiger partial charge in [-0.15, -0.1) is 0 Å². The van der Waals surface area contributed by atoms with Gasteiger partial charge in [0.25, 0.3) is 0 Å². The molecule has 1 aromatic rings. The second-order valence-corrected chi connectivity index (χ2v) is 5.07. The third-order valence-electron chi connectivity index (χ3n) is 3.98. The third-order valence-corrected chi connectivity index (χ3v) is 3.98. The molecule has 16 heavy (non-hydrogen) atoms. The van der Waals surface area contributed by atoms with Gasteiger partial charge in [-0.3, -0.25) is 0 Å². The molecule has 0 radical (unpaired) electrons. The predicted molar refractivity (Wildman–Crippen MR) is 62.3 cm³/mol. The van der Waals surface area contributed by atoms with Crippen LogP contribution >= 0.6 is 0 Å². The van der Waals surface area contributed by atoms with Crippen LogP contribution in [-0.2, 0) is 17.6 Å². The minimum atomic E-state index is 0.241. The Bertz CT molecular complexity index is 366. The fourth-order valence-electron chi connectivity index (χ4n) is 2.87. The van der Waals surface area contributed by atoms with E-state index < -0.39 is 0 Å². The summed E-state index contributed by atoms with van der Waals surface area (Å²) in [5.74, 6) is 1.93. The number of H-pyrrole nitrogens is 1. The van der Waals surface area contributed by atoms with Crippen molar-refractivity contribution >= 4 is 0 Å². The summed E-state index contributed by atoms with van der Waals surface area (Å²) in [5, 5.41) is 0. The largest absolute Gasteiger partial charge is 0.370 e. The molecule has 1 aliphatic heterocycles. The maximum atomic E-state index is 5.68. The first-order valence-electron chi connectivity index (χ1n) is 6.56. The number of nitrogens with zero attached hydrogens (tertiary/aromatic N) is 1. The SMILES string of the molecule is CCC1CCc2nc(C3CCCO3)[nH]c2C1. The highest BCUT2D eigenvalue weighted by molar-refractivity contribution is 5.19. The number of aromatic amines is 1. The summed E-state index contributed by atoms with van der Waals surface area (Å²) in [6.45, 7) is 3.18. The first kappa shape index (κ1) is 10.3. The molecule has 1 aliphatic carbocycles. The predicted octanol–water partition coefficient (Wildman–Crippen LogP) is 2.78. The van der Waals surface area contributed by atoms with E-state index in [0.717, 1.165) is 31.2 Å². The number of hydrogen-bond donors (Lipinski definition) is 1. The molecule has 0 saturated carbocycles. The molecule has 2 aliphatic rings. The number of aryl methyl sites for hydroxylation is 1. The molecule has 0 spiro atoms. The average molecular weight is 220 g/mol. The third kappa shape index (κ3) is 1.77. The summed E-state index contributed by atoms with van der Waals surface area (Å²) in [6.07, 6.45) is 7.47. The van der Waals surface area contributed by atoms with E-state index in [1.807, 2.05) is 0 Å². The second kappa shape index (κ2) is 4.21. The van der Waals surface area contributed by atoms with Gasteiger partial charge in [0, 0.05) is 12.3 Å². The Balaban J connectivity index is 1.80. The van der Waals surface area contributed by atoms with Gasteiger partial charge in [0.1, 0.15) is 11.9 Å². The molecule has 2 heterocycles. The summed E-state index contributed by atoms with van der Waals surface area (Å²) < 4.78 is 5.68. The number of aromatic nitrogens is 2. The standard InChI is InChI=1S/C13H20N2O/c1-2-9-5-6-10-11(8-9)15-13(14-10)12-4-3-7-16-12/h9,12H,2-8H2,1H3,(H,14,15). The van der Waals surface area contributed by atoms with Crippen LogP contribution in [-0.4, -0.2) is 16.6 Å². The molecular weight excluding hydrogens is 200 g/mol. The van der Waals surface area contributed by atoms with Crippen molar-refractivity contribution in [3.8, 4) is 0 Å². The van der Waals surface area contributed by atoms with Crippen LogP contribution < -0.4 is 0 Å². The lowest BCUT2D eigenvalue weighted by molar-refractivity contribution is 0.105. The first-order valence-corrected chi connectivity index (χ1v) is 6.56. The zero-order chi connectivity index (χ0) is 11.0. The first-order chi connectivity index (χ1) is 7.86. The highest BCUT2D eigenvalue weighted by Gasteiger charge is 2.25. The van der Waals surface area contributed by atoms with Crippen LogP contribution in [0.1, 0.15) is 55.9 Å². The van der Waals surface area contributed by atoms with E-state index in [9.17, 15) is 0 Å². The lowest BCUT2D eigenvalue weighted by atomic mass is 9.88. The number of rotatable bonds is 2. The molecule has 0 amide bonds. The molecule has 88 valence electrons. The molecule has 1 N–H and O–H groups in total. The van der Waals surface area contributed by atoms with Gasteiger partial charge in [0.15, 0.2) is 0 Å². The van der Waals surface area contributed by atoms with Gasteiger partial charge in [-0.2, -0.15) is 0 Å². The molecule has 0 aromatic carbocycles. The fourth-order valence-corrected chi connectivity index (χ4v) is 2.87. The molecule has 3 rings (SSSR count). The zero-order valence-electron chi connectivity index (χ0n) is 9.96. The zero-order valence-corrected chi connectivity index (χ0v) is 9.96. The molecule has 0 bridgehead atoms. The van der Waals surface area contributed by atoms with Crippen LogP contribution in [0.25, 0.3) is 0 Å². The number of ether oxygens (including phenoxy) is 1. The summed E-state index contributed by atoms with van der Waals surface area (Å²) in [5.41, 5.74) is 2.68. The van der Waals surface area contributed by atoms with Gasteiger partial charge in [-0.05, 0) is 38.0 Å². The Morgan fingerprint density at radius 1 is 1.44 bits per heavy atom. The maximum Gasteiger partial charge on any atom is 0.135 e. The molecule has 3 heteroatoms. The van der Waals surface area contributed by atoms with Gasteiger partial charge >= 0.3 is 0 Å². The lowest BCUT2D eigenvalue weighted by Crippen LogP contribution is -2.12. The number of fused-ring (bicyclic) bond motifs is 1. The molecule has 2 unspecified atom stereocenters. The average Bonchev–Trinajstić information content (AvgIpc) is 2.96. The smallest absolute Gasteiger partial charge is 0.135 e. The molecule has 1 fully saturated rings. The minimum absolute atomic E-state index is 0.241. The monoisotopic (exact) mass is 220 g/mol. The summed E-state index contributed by atoms with van der Waals surface area (Å²) in [6, 6.07) is 0. The van der Waals surface area contributed by atoms with E-state index in [-0.39, 0.29) is 6.10 Å². The van der Waals surface area contributed by atoms with E-state index in [4.69, 9.17) is 9.72 Å². The maximum absolute atomic E-state index is 5.68. The van der Waals surface area contributed by atoms with Gasteiger partial charge < -0.3 is 9.72 Å². The van der Waals surface area contributed by atoms with Crippen molar-refractivity contribution < 1.29 is 4.74 Å². The Labute approximate surface area is 96.6 Å². The van der Waals surface area contributed by atoms with Crippen LogP contribution in [0.3, 0.4) is 0 Å². The molecule has 1 saturated heterocycles. The highest BCUT2D eigenvalue weighted by atomic mass is 16.5. The van der Waals surface area contributed by atoms with Crippen molar-refractivity contribution in [2.24, 2.45) is 5.92 Å². The van der Waals surface area contributed by atoms with Crippen LogP contribution in [0.2, 0.25) is 0 Å². The Hall–Kier alpha value is -0.830. The molecule has 1 aromatic heterocycles. The number of imidazole rings is 1. The Morgan fingerprint density at radius 2 is 2.38 bits per heavy atom. The molecule has 3 nitrogen and oxygen atoms in total. The van der Waals surface area contributed by atoms with Crippen molar-refractivity contribution in [3.63, 3.8) is 0 Å². The second-order valence-electron chi connectivity index (χ2n) is 5.07. The van der Waals surface area contributed by atoms with Crippen molar-refractivity contribution in [1.82, 2.24) is 9.97 Å². The summed E-state index contributed by atoms with van der Waals surface area (Å²) in [4.78, 5) is 8.22. The van der Waals surface area contributed by atoms with Gasteiger partial charge in [-0.1, -0.05) is 13.3 Å². The number of hydrogen-bond acceptors (Lipinski definition) is 2. The van der Waals surface area contributed by atoms with E-state index in [1.54, 1.807) is 0 Å². The Morgan fingerprint density at radius 3 is 3.12 bits per heavy atom. The van der Waals surface area contributed by atoms with Gasteiger partial charge in [0.05, 0.1) is 5.69 Å². The minimum Gasteiger partial charge on any atom is -0.370 e. The van der Waals surface area contributed by atoms with E-state index in [1.165, 1.54) is 37.1 Å². The normalized spacial score (nSPS) is 29.3. The topological polar surface area (TPSA) is 37.9 Å². The van der Waals surface area contributed by atoms with Gasteiger partial charge in [0.2, 0.25) is 0 Å². The van der Waals surface area contributed by atoms with Crippen LogP contribution in [0.4, 0.5) is 0 Å². The van der Waals surface area contributed by atoms with Crippen molar-refractivity contribution in [2.75, 3.05) is 6.61 Å². The van der Waals surface area contributed by atoms with Crippen LogP contribution in [0.5, 0.6) is 0 Å². The summed E-state index contributed by atoms with van der Waals surface area (Å²) >= 11 is 0. The van der Waals surface area contributed by atoms with E-state index >= 15 is 0 Å². The lowest BCUT2D eigenvalue weighted by Gasteiger charge is -2.19. The van der Waals surface area contributed by atoms with Gasteiger partial charge in [-0.25, -0.2) is 4.98 Å². The van der Waals surface area contributed by atoms with E-state index in [0.29, 0.717) is 0 Å². The quantitative estimate of drug-likeness (QED) is 0.832. The van der Waals surface area contributed by atoms with Crippen molar-refractivity contribution in [1.29, 1.82) is 0 Å². The highest BCUT2D eigenvalue weighted by Crippen LogP contribution is 2.31. The van der Waals surface area contributed by atoms with Crippen LogP contribution in [0.15, 0.2) is 0 Å². The van der Waals surface area contributed by atoms with Crippen molar-refractivity contribution in [3.05, 3.63) is 17.2 Å². The molecule has 2 atom stereocenters. The van der Waals surface area contributed by atoms with Crippen LogP contribution in [0, 0.1) is 5.92 Å².